The number of hydrogen-bond donors (Lipinski definition) is 1. The van der Waals surface area contributed by atoms with Crippen LogP contribution in [0.15, 0.2) is 73.1 Å². The molecule has 1 amide bonds. The topological polar surface area (TPSA) is 61.6 Å². The summed E-state index contributed by atoms with van der Waals surface area (Å²) in [5.41, 5.74) is 1.88. The molecule has 0 radical (unpaired) electrons. The quantitative estimate of drug-likeness (QED) is 0.744. The highest BCUT2D eigenvalue weighted by molar-refractivity contribution is 5.97. The maximum absolute atomic E-state index is 13.3. The highest BCUT2D eigenvalue weighted by atomic mass is 16.3. The average Bonchev–Trinajstić information content (AvgIpc) is 3.28. The number of hydrogen-bond acceptors (Lipinski definition) is 4. The molecule has 150 valence electrons. The van der Waals surface area contributed by atoms with Gasteiger partial charge < -0.3 is 10.0 Å². The van der Waals surface area contributed by atoms with Crippen molar-refractivity contribution in [3.8, 4) is 5.69 Å². The van der Waals surface area contributed by atoms with Gasteiger partial charge in [0.2, 0.25) is 0 Å². The van der Waals surface area contributed by atoms with E-state index in [-0.39, 0.29) is 12.5 Å². The fraction of sp³-hybridized carbons (Fsp3) is 0.304. The lowest BCUT2D eigenvalue weighted by atomic mass is 9.77. The minimum atomic E-state index is -0.700. The Labute approximate surface area is 171 Å². The molecule has 29 heavy (non-hydrogen) atoms. The predicted octanol–water partition coefficient (Wildman–Crippen LogP) is 2.54. The minimum Gasteiger partial charge on any atom is -0.389 e. The zero-order valence-corrected chi connectivity index (χ0v) is 16.8. The molecule has 2 atom stereocenters. The summed E-state index contributed by atoms with van der Waals surface area (Å²) < 4.78 is 1.70. The fourth-order valence-electron chi connectivity index (χ4n) is 4.39. The van der Waals surface area contributed by atoms with Crippen LogP contribution in [-0.4, -0.2) is 63.9 Å². The SMILES string of the molecule is CN(C)[C@]1(c2ccccc2)CCN(C(=O)c2ccccc2-n2cccn2)C[C@H]1O. The van der Waals surface area contributed by atoms with E-state index < -0.39 is 11.6 Å². The van der Waals surface area contributed by atoms with E-state index in [1.165, 1.54) is 0 Å². The van der Waals surface area contributed by atoms with Gasteiger partial charge in [-0.15, -0.1) is 0 Å². The summed E-state index contributed by atoms with van der Waals surface area (Å²) >= 11 is 0. The second-order valence-corrected chi connectivity index (χ2v) is 7.67. The van der Waals surface area contributed by atoms with Crippen LogP contribution in [0.25, 0.3) is 5.69 Å². The molecule has 2 aromatic carbocycles. The highest BCUT2D eigenvalue weighted by Gasteiger charge is 2.46. The molecule has 4 rings (SSSR count). The second kappa shape index (κ2) is 7.81. The van der Waals surface area contributed by atoms with Gasteiger partial charge >= 0.3 is 0 Å². The first-order valence-electron chi connectivity index (χ1n) is 9.83. The zero-order valence-electron chi connectivity index (χ0n) is 16.8. The van der Waals surface area contributed by atoms with E-state index >= 15 is 0 Å². The number of benzene rings is 2. The van der Waals surface area contributed by atoms with Gasteiger partial charge in [-0.25, -0.2) is 4.68 Å². The van der Waals surface area contributed by atoms with Crippen molar-refractivity contribution in [1.29, 1.82) is 0 Å². The van der Waals surface area contributed by atoms with Crippen LogP contribution in [0.1, 0.15) is 22.3 Å². The van der Waals surface area contributed by atoms with Crippen LogP contribution in [0.5, 0.6) is 0 Å². The van der Waals surface area contributed by atoms with Crippen molar-refractivity contribution < 1.29 is 9.90 Å². The molecule has 0 bridgehead atoms. The third-order valence-electron chi connectivity index (χ3n) is 5.95. The number of aliphatic hydroxyl groups excluding tert-OH is 1. The molecule has 0 saturated carbocycles. The normalized spacial score (nSPS) is 22.1. The Morgan fingerprint density at radius 1 is 1.10 bits per heavy atom. The lowest BCUT2D eigenvalue weighted by molar-refractivity contribution is -0.0612. The summed E-state index contributed by atoms with van der Waals surface area (Å²) in [7, 11) is 3.97. The van der Waals surface area contributed by atoms with Crippen molar-refractivity contribution in [1.82, 2.24) is 19.6 Å². The van der Waals surface area contributed by atoms with Crippen LogP contribution < -0.4 is 0 Å². The maximum atomic E-state index is 13.3. The van der Waals surface area contributed by atoms with Gasteiger partial charge in [-0.1, -0.05) is 42.5 Å². The highest BCUT2D eigenvalue weighted by Crippen LogP contribution is 2.38. The molecule has 6 nitrogen and oxygen atoms in total. The van der Waals surface area contributed by atoms with Crippen molar-refractivity contribution in [3.63, 3.8) is 0 Å². The van der Waals surface area contributed by atoms with Gasteiger partial charge in [-0.05, 0) is 44.3 Å². The van der Waals surface area contributed by atoms with Gasteiger partial charge in [-0.3, -0.25) is 9.69 Å². The largest absolute Gasteiger partial charge is 0.389 e. The molecular formula is C23H26N4O2. The summed E-state index contributed by atoms with van der Waals surface area (Å²) in [6.45, 7) is 0.843. The van der Waals surface area contributed by atoms with Crippen LogP contribution in [0.3, 0.4) is 0 Å². The monoisotopic (exact) mass is 390 g/mol. The molecule has 1 fully saturated rings. The Morgan fingerprint density at radius 2 is 1.83 bits per heavy atom. The Balaban J connectivity index is 1.62. The molecular weight excluding hydrogens is 364 g/mol. The number of aliphatic hydroxyl groups is 1. The number of carbonyl (C=O) groups is 1. The van der Waals surface area contributed by atoms with E-state index in [1.54, 1.807) is 15.8 Å². The molecule has 0 spiro atoms. The molecule has 6 heteroatoms. The Kier molecular flexibility index (Phi) is 5.22. The number of nitrogens with zero attached hydrogens (tertiary/aromatic N) is 4. The zero-order chi connectivity index (χ0) is 20.4. The Bertz CT molecular complexity index is 972. The second-order valence-electron chi connectivity index (χ2n) is 7.67. The first-order chi connectivity index (χ1) is 14.0. The summed E-state index contributed by atoms with van der Waals surface area (Å²) in [5, 5.41) is 15.5. The average molecular weight is 390 g/mol. The minimum absolute atomic E-state index is 0.0874. The Hall–Kier alpha value is -2.96. The predicted molar refractivity (Wildman–Crippen MR) is 112 cm³/mol. The standard InChI is InChI=1S/C23H26N4O2/c1-25(2)23(18-9-4-3-5-10-18)13-16-26(17-21(23)28)22(29)19-11-6-7-12-20(19)27-15-8-14-24-27/h3-12,14-15,21,28H,13,16-17H2,1-2H3/t21-,23+/m1/s1. The van der Waals surface area contributed by atoms with Crippen LogP contribution in [0, 0.1) is 0 Å². The van der Waals surface area contributed by atoms with Crippen LogP contribution in [-0.2, 0) is 5.54 Å². The number of likely N-dealkylation sites (tertiary alicyclic amines) is 1. The number of para-hydroxylation sites is 1. The molecule has 0 aliphatic carbocycles. The molecule has 1 N–H and O–H groups in total. The van der Waals surface area contributed by atoms with E-state index in [9.17, 15) is 9.90 Å². The van der Waals surface area contributed by atoms with Crippen molar-refractivity contribution in [2.24, 2.45) is 0 Å². The van der Waals surface area contributed by atoms with Gasteiger partial charge in [0, 0.05) is 25.5 Å². The molecule has 3 aromatic rings. The van der Waals surface area contributed by atoms with Crippen molar-refractivity contribution in [2.75, 3.05) is 27.2 Å². The van der Waals surface area contributed by atoms with E-state index in [0.29, 0.717) is 18.5 Å². The number of likely N-dealkylation sites (N-methyl/N-ethyl adjacent to an activating group) is 1. The number of rotatable bonds is 4. The summed E-state index contributed by atoms with van der Waals surface area (Å²) in [5.74, 6) is -0.0874. The molecule has 1 aliphatic heterocycles. The fourth-order valence-corrected chi connectivity index (χ4v) is 4.39. The van der Waals surface area contributed by atoms with Gasteiger partial charge in [-0.2, -0.15) is 5.10 Å². The first-order valence-corrected chi connectivity index (χ1v) is 9.83. The third kappa shape index (κ3) is 3.34. The van der Waals surface area contributed by atoms with Crippen molar-refractivity contribution in [3.05, 3.63) is 84.2 Å². The number of β-amino-alcohol motifs (C(OH)–C–C–N with tert-alkyl or cyclic N) is 1. The van der Waals surface area contributed by atoms with Gasteiger partial charge in [0.25, 0.3) is 5.91 Å². The van der Waals surface area contributed by atoms with Gasteiger partial charge in [0.15, 0.2) is 0 Å². The number of piperidine rings is 1. The first kappa shape index (κ1) is 19.4. The van der Waals surface area contributed by atoms with Gasteiger partial charge in [0.1, 0.15) is 0 Å². The lowest BCUT2D eigenvalue weighted by Gasteiger charge is -2.49. The summed E-state index contributed by atoms with van der Waals surface area (Å²) in [4.78, 5) is 17.2. The summed E-state index contributed by atoms with van der Waals surface area (Å²) in [6.07, 6.45) is 3.47. The van der Waals surface area contributed by atoms with Crippen molar-refractivity contribution in [2.45, 2.75) is 18.1 Å². The van der Waals surface area contributed by atoms with E-state index in [1.807, 2.05) is 81.0 Å². The smallest absolute Gasteiger partial charge is 0.256 e. The lowest BCUT2D eigenvalue weighted by Crippen LogP contribution is -2.60. The molecule has 0 unspecified atom stereocenters. The van der Waals surface area contributed by atoms with E-state index in [4.69, 9.17) is 0 Å². The molecule has 1 saturated heterocycles. The van der Waals surface area contributed by atoms with Crippen LogP contribution >= 0.6 is 0 Å². The van der Waals surface area contributed by atoms with Gasteiger partial charge in [0.05, 0.1) is 22.9 Å². The molecule has 1 aromatic heterocycles. The Morgan fingerprint density at radius 3 is 2.48 bits per heavy atom. The van der Waals surface area contributed by atoms with E-state index in [2.05, 4.69) is 10.00 Å². The number of amides is 1. The van der Waals surface area contributed by atoms with E-state index in [0.717, 1.165) is 11.3 Å². The third-order valence-corrected chi connectivity index (χ3v) is 5.95. The maximum Gasteiger partial charge on any atom is 0.256 e. The number of aromatic nitrogens is 2. The molecule has 2 heterocycles. The van der Waals surface area contributed by atoms with Crippen molar-refractivity contribution >= 4 is 5.91 Å². The number of carbonyl (C=O) groups excluding carboxylic acids is 1. The summed E-state index contributed by atoms with van der Waals surface area (Å²) in [6, 6.07) is 19.3. The van der Waals surface area contributed by atoms with Crippen LogP contribution in [0.2, 0.25) is 0 Å². The van der Waals surface area contributed by atoms with Crippen LogP contribution in [0.4, 0.5) is 0 Å². The molecule has 1 aliphatic rings.